The summed E-state index contributed by atoms with van der Waals surface area (Å²) in [6.45, 7) is 0. The van der Waals surface area contributed by atoms with E-state index < -0.39 is 5.97 Å². The number of Topliss-reactive ketones (excluding diaryl/α,β-unsaturated/α-hetero) is 1. The number of furan rings is 1. The van der Waals surface area contributed by atoms with E-state index >= 15 is 0 Å². The number of hydrogen-bond acceptors (Lipinski definition) is 4. The predicted molar refractivity (Wildman–Crippen MR) is 95.7 cm³/mol. The molecule has 25 heavy (non-hydrogen) atoms. The first-order chi connectivity index (χ1) is 12.1. The lowest BCUT2D eigenvalue weighted by Crippen LogP contribution is -1.94. The number of carbonyl (C=O) groups excluding carboxylic acids is 1. The lowest BCUT2D eigenvalue weighted by molar-refractivity contribution is 0.0696. The van der Waals surface area contributed by atoms with Crippen molar-refractivity contribution in [2.45, 2.75) is 4.90 Å². The van der Waals surface area contributed by atoms with E-state index in [0.29, 0.717) is 16.4 Å². The first-order valence-electron chi connectivity index (χ1n) is 7.59. The van der Waals surface area contributed by atoms with Crippen LogP contribution in [0.3, 0.4) is 0 Å². The molecule has 5 heteroatoms. The number of allylic oxidation sites excluding steroid dienone is 1. The summed E-state index contributed by atoms with van der Waals surface area (Å²) in [6.07, 6.45) is 1.74. The molecule has 0 unspecified atom stereocenters. The Labute approximate surface area is 147 Å². The summed E-state index contributed by atoms with van der Waals surface area (Å²) in [6, 6.07) is 17.6. The van der Waals surface area contributed by atoms with Gasteiger partial charge in [0.2, 0.25) is 5.78 Å². The van der Waals surface area contributed by atoms with Crippen molar-refractivity contribution in [3.63, 3.8) is 0 Å². The Morgan fingerprint density at radius 1 is 1.00 bits per heavy atom. The molecule has 1 aromatic heterocycles. The highest BCUT2D eigenvalue weighted by Gasteiger charge is 2.25. The van der Waals surface area contributed by atoms with Crippen molar-refractivity contribution < 1.29 is 19.1 Å². The number of benzene rings is 2. The molecule has 2 aromatic carbocycles. The highest BCUT2D eigenvalue weighted by molar-refractivity contribution is 8.04. The minimum absolute atomic E-state index is 0.00404. The van der Waals surface area contributed by atoms with Gasteiger partial charge in [-0.05, 0) is 42.5 Å². The maximum Gasteiger partial charge on any atom is 0.335 e. The predicted octanol–water partition coefficient (Wildman–Crippen LogP) is 4.97. The van der Waals surface area contributed by atoms with Crippen molar-refractivity contribution in [1.82, 2.24) is 0 Å². The third-order valence-electron chi connectivity index (χ3n) is 3.89. The number of rotatable bonds is 3. The van der Waals surface area contributed by atoms with E-state index in [2.05, 4.69) is 0 Å². The molecular formula is C20H12O4S. The molecule has 0 aliphatic carbocycles. The molecule has 0 saturated carbocycles. The Hall–Kier alpha value is -3.05. The fourth-order valence-electron chi connectivity index (χ4n) is 2.63. The van der Waals surface area contributed by atoms with Gasteiger partial charge in [0.15, 0.2) is 0 Å². The third-order valence-corrected chi connectivity index (χ3v) is 4.99. The fourth-order valence-corrected chi connectivity index (χ4v) is 3.66. The zero-order valence-corrected chi connectivity index (χ0v) is 13.7. The Morgan fingerprint density at radius 3 is 2.48 bits per heavy atom. The maximum absolute atomic E-state index is 12.4. The molecule has 0 bridgehead atoms. The molecule has 3 aromatic rings. The lowest BCUT2D eigenvalue weighted by Gasteiger charge is -1.98. The molecule has 4 nitrogen and oxygen atoms in total. The molecule has 122 valence electrons. The summed E-state index contributed by atoms with van der Waals surface area (Å²) in [5.41, 5.74) is 1.72. The Bertz CT molecular complexity index is 1010. The average Bonchev–Trinajstić information content (AvgIpc) is 3.21. The van der Waals surface area contributed by atoms with Crippen LogP contribution >= 0.6 is 11.8 Å². The number of ketones is 1. The summed E-state index contributed by atoms with van der Waals surface area (Å²) in [7, 11) is 0. The number of fused-ring (bicyclic) bond motifs is 1. The molecular weight excluding hydrogens is 336 g/mol. The molecule has 0 saturated heterocycles. The number of carboxylic acid groups (broad SMARTS) is 1. The average molecular weight is 348 g/mol. The Morgan fingerprint density at radius 2 is 1.76 bits per heavy atom. The SMILES string of the molecule is O=C(O)c1ccc(-c2ccc(/C=C3/Sc4ccccc4C3=O)o2)cc1. The number of hydrogen-bond donors (Lipinski definition) is 1. The van der Waals surface area contributed by atoms with Crippen molar-refractivity contribution in [1.29, 1.82) is 0 Å². The van der Waals surface area contributed by atoms with Gasteiger partial charge < -0.3 is 9.52 Å². The Balaban J connectivity index is 1.60. The number of carbonyl (C=O) groups is 2. The zero-order chi connectivity index (χ0) is 17.4. The smallest absolute Gasteiger partial charge is 0.335 e. The van der Waals surface area contributed by atoms with E-state index in [1.165, 1.54) is 23.9 Å². The van der Waals surface area contributed by atoms with Crippen LogP contribution in [-0.2, 0) is 0 Å². The Kier molecular flexibility index (Phi) is 3.78. The van der Waals surface area contributed by atoms with Gasteiger partial charge in [-0.3, -0.25) is 4.79 Å². The molecule has 1 aliphatic rings. The van der Waals surface area contributed by atoms with Gasteiger partial charge in [-0.25, -0.2) is 4.79 Å². The van der Waals surface area contributed by atoms with Gasteiger partial charge >= 0.3 is 5.97 Å². The van der Waals surface area contributed by atoms with Crippen LogP contribution < -0.4 is 0 Å². The van der Waals surface area contributed by atoms with E-state index in [1.807, 2.05) is 24.3 Å². The van der Waals surface area contributed by atoms with Crippen LogP contribution in [0.15, 0.2) is 74.9 Å². The number of aromatic carboxylic acids is 1. The van der Waals surface area contributed by atoms with Gasteiger partial charge in [-0.1, -0.05) is 36.0 Å². The van der Waals surface area contributed by atoms with Crippen LogP contribution in [0, 0.1) is 0 Å². The van der Waals surface area contributed by atoms with Crippen molar-refractivity contribution in [3.05, 3.63) is 82.5 Å². The second-order valence-electron chi connectivity index (χ2n) is 5.52. The molecule has 2 heterocycles. The first kappa shape index (κ1) is 15.5. The van der Waals surface area contributed by atoms with Gasteiger partial charge in [-0.2, -0.15) is 0 Å². The summed E-state index contributed by atoms with van der Waals surface area (Å²) >= 11 is 1.44. The minimum Gasteiger partial charge on any atom is -0.478 e. The molecule has 1 N–H and O–H groups in total. The summed E-state index contributed by atoms with van der Waals surface area (Å²) in [4.78, 5) is 24.9. The normalized spacial score (nSPS) is 14.7. The van der Waals surface area contributed by atoms with Crippen molar-refractivity contribution in [2.24, 2.45) is 0 Å². The van der Waals surface area contributed by atoms with Crippen LogP contribution in [0.4, 0.5) is 0 Å². The quantitative estimate of drug-likeness (QED) is 0.677. The van der Waals surface area contributed by atoms with Gasteiger partial charge in [0.1, 0.15) is 11.5 Å². The number of thioether (sulfide) groups is 1. The van der Waals surface area contributed by atoms with Crippen LogP contribution in [-0.4, -0.2) is 16.9 Å². The lowest BCUT2D eigenvalue weighted by atomic mass is 10.1. The van der Waals surface area contributed by atoms with Crippen molar-refractivity contribution in [3.8, 4) is 11.3 Å². The fraction of sp³-hybridized carbons (Fsp3) is 0. The monoisotopic (exact) mass is 348 g/mol. The van der Waals surface area contributed by atoms with E-state index in [4.69, 9.17) is 9.52 Å². The summed E-state index contributed by atoms with van der Waals surface area (Å²) in [5, 5.41) is 8.94. The van der Waals surface area contributed by atoms with E-state index in [9.17, 15) is 9.59 Å². The second-order valence-corrected chi connectivity index (χ2v) is 6.60. The van der Waals surface area contributed by atoms with Gasteiger partial charge in [0.05, 0.1) is 10.5 Å². The maximum atomic E-state index is 12.4. The van der Waals surface area contributed by atoms with Crippen LogP contribution in [0.2, 0.25) is 0 Å². The molecule has 0 atom stereocenters. The van der Waals surface area contributed by atoms with Gasteiger partial charge in [0, 0.05) is 16.0 Å². The van der Waals surface area contributed by atoms with Crippen LogP contribution in [0.25, 0.3) is 17.4 Å². The van der Waals surface area contributed by atoms with Crippen LogP contribution in [0.1, 0.15) is 26.5 Å². The van der Waals surface area contributed by atoms with Gasteiger partial charge in [0.25, 0.3) is 0 Å². The second kappa shape index (κ2) is 6.11. The van der Waals surface area contributed by atoms with Crippen molar-refractivity contribution in [2.75, 3.05) is 0 Å². The highest BCUT2D eigenvalue weighted by atomic mass is 32.2. The topological polar surface area (TPSA) is 67.5 Å². The third kappa shape index (κ3) is 2.90. The molecule has 0 fully saturated rings. The van der Waals surface area contributed by atoms with E-state index in [-0.39, 0.29) is 11.3 Å². The first-order valence-corrected chi connectivity index (χ1v) is 8.40. The standard InChI is InChI=1S/C20H12O4S/c21-19-15-3-1-2-4-17(15)25-18(19)11-14-9-10-16(24-14)12-5-7-13(8-6-12)20(22)23/h1-11H,(H,22,23)/b18-11+. The summed E-state index contributed by atoms with van der Waals surface area (Å²) in [5.74, 6) is 0.245. The minimum atomic E-state index is -0.965. The molecule has 0 amide bonds. The number of carboxylic acids is 1. The zero-order valence-electron chi connectivity index (χ0n) is 12.9. The molecule has 0 radical (unpaired) electrons. The van der Waals surface area contributed by atoms with E-state index in [1.54, 1.807) is 30.3 Å². The summed E-state index contributed by atoms with van der Waals surface area (Å²) < 4.78 is 5.79. The molecule has 0 spiro atoms. The highest BCUT2D eigenvalue weighted by Crippen LogP contribution is 2.40. The molecule has 1 aliphatic heterocycles. The molecule has 4 rings (SSSR count). The van der Waals surface area contributed by atoms with Crippen LogP contribution in [0.5, 0.6) is 0 Å². The van der Waals surface area contributed by atoms with Gasteiger partial charge in [-0.15, -0.1) is 0 Å². The van der Waals surface area contributed by atoms with Crippen molar-refractivity contribution >= 4 is 29.6 Å². The van der Waals surface area contributed by atoms with E-state index in [0.717, 1.165) is 16.0 Å². The largest absolute Gasteiger partial charge is 0.478 e.